The summed E-state index contributed by atoms with van der Waals surface area (Å²) in [5.74, 6) is -0.943. The maximum absolute atomic E-state index is 13.4. The molecule has 1 amide bonds. The maximum atomic E-state index is 13.4. The molecule has 0 aliphatic carbocycles. The van der Waals surface area contributed by atoms with E-state index in [-0.39, 0.29) is 20.8 Å². The van der Waals surface area contributed by atoms with E-state index in [9.17, 15) is 14.3 Å². The zero-order valence-electron chi connectivity index (χ0n) is 9.67. The Kier molecular flexibility index (Phi) is 4.16. The topological polar surface area (TPSA) is 61.4 Å². The van der Waals surface area contributed by atoms with E-state index in [0.717, 1.165) is 0 Å². The lowest BCUT2D eigenvalue weighted by molar-refractivity contribution is -0.117. The molecule has 100 valence electrons. The van der Waals surface area contributed by atoms with Crippen molar-refractivity contribution < 1.29 is 14.3 Å². The van der Waals surface area contributed by atoms with Gasteiger partial charge in [0, 0.05) is 13.0 Å². The lowest BCUT2D eigenvalue weighted by Gasteiger charge is -2.18. The summed E-state index contributed by atoms with van der Waals surface area (Å²) in [6, 6.07) is 4.42. The van der Waals surface area contributed by atoms with Crippen LogP contribution in [0.2, 0.25) is 0 Å². The molecule has 0 spiro atoms. The van der Waals surface area contributed by atoms with Crippen molar-refractivity contribution in [3.63, 3.8) is 0 Å². The second-order valence-corrected chi connectivity index (χ2v) is 5.08. The molecule has 0 unspecified atom stereocenters. The highest BCUT2D eigenvalue weighted by atomic mass is 79.9. The van der Waals surface area contributed by atoms with Gasteiger partial charge in [0.15, 0.2) is 0 Å². The molecule has 1 aliphatic rings. The number of carbonyl (C=O) groups is 1. The van der Waals surface area contributed by atoms with E-state index in [2.05, 4.69) is 26.6 Å². The number of hydrogen-bond donors (Lipinski definition) is 3. The quantitative estimate of drug-likeness (QED) is 0.722. The highest BCUT2D eigenvalue weighted by Gasteiger charge is 2.24. The Balaban J connectivity index is 2.26. The third kappa shape index (κ3) is 2.93. The van der Waals surface area contributed by atoms with E-state index in [0.29, 0.717) is 18.7 Å². The van der Waals surface area contributed by atoms with Gasteiger partial charge in [-0.1, -0.05) is 18.3 Å². The normalized spacial score (nSPS) is 15.2. The third-order valence-corrected chi connectivity index (χ3v) is 3.70. The molecule has 1 aromatic carbocycles. The van der Waals surface area contributed by atoms with Crippen molar-refractivity contribution >= 4 is 44.7 Å². The van der Waals surface area contributed by atoms with Gasteiger partial charge in [0.05, 0.1) is 10.2 Å². The number of anilines is 1. The summed E-state index contributed by atoms with van der Waals surface area (Å²) in [5.41, 5.74) is 0.418. The van der Waals surface area contributed by atoms with E-state index >= 15 is 0 Å². The van der Waals surface area contributed by atoms with Gasteiger partial charge in [-0.2, -0.15) is 0 Å². The van der Waals surface area contributed by atoms with Crippen LogP contribution in [0.1, 0.15) is 6.42 Å². The molecule has 3 N–H and O–H groups in total. The Morgan fingerprint density at radius 3 is 2.95 bits per heavy atom. The number of aliphatic hydroxyl groups excluding tert-OH is 1. The van der Waals surface area contributed by atoms with Crippen molar-refractivity contribution in [2.75, 3.05) is 11.9 Å². The fourth-order valence-electron chi connectivity index (χ4n) is 1.66. The summed E-state index contributed by atoms with van der Waals surface area (Å²) >= 11 is 8.17. The molecule has 0 saturated carbocycles. The van der Waals surface area contributed by atoms with Crippen LogP contribution in [-0.4, -0.2) is 22.5 Å². The fourth-order valence-corrected chi connectivity index (χ4v) is 2.34. The zero-order chi connectivity index (χ0) is 14.0. The van der Waals surface area contributed by atoms with Gasteiger partial charge < -0.3 is 15.7 Å². The van der Waals surface area contributed by atoms with Crippen LogP contribution >= 0.6 is 28.1 Å². The summed E-state index contributed by atoms with van der Waals surface area (Å²) < 4.78 is 13.6. The Hall–Kier alpha value is -1.47. The van der Waals surface area contributed by atoms with Gasteiger partial charge in [-0.15, -0.1) is 0 Å². The molecular formula is C12H10BrFN2O2S. The van der Waals surface area contributed by atoms with Gasteiger partial charge >= 0.3 is 0 Å². The second-order valence-electron chi connectivity index (χ2n) is 3.88. The molecule has 1 aliphatic heterocycles. The van der Waals surface area contributed by atoms with E-state index in [1.165, 1.54) is 12.1 Å². The molecule has 19 heavy (non-hydrogen) atoms. The van der Waals surface area contributed by atoms with Gasteiger partial charge in [-0.05, 0) is 28.1 Å². The van der Waals surface area contributed by atoms with E-state index in [1.807, 2.05) is 0 Å². The number of thiocarbonyl (C=S) groups is 1. The smallest absolute Gasteiger partial charge is 0.257 e. The van der Waals surface area contributed by atoms with Crippen molar-refractivity contribution in [3.8, 4) is 0 Å². The van der Waals surface area contributed by atoms with Crippen LogP contribution in [0.5, 0.6) is 0 Å². The van der Waals surface area contributed by atoms with Gasteiger partial charge in [0.25, 0.3) is 5.91 Å². The molecular weight excluding hydrogens is 335 g/mol. The van der Waals surface area contributed by atoms with E-state index < -0.39 is 11.7 Å². The third-order valence-electron chi connectivity index (χ3n) is 2.59. The van der Waals surface area contributed by atoms with Crippen LogP contribution in [0.4, 0.5) is 10.1 Å². The monoisotopic (exact) mass is 344 g/mol. The molecule has 7 heteroatoms. The van der Waals surface area contributed by atoms with Gasteiger partial charge in [0.2, 0.25) is 0 Å². The Labute approximate surface area is 122 Å². The van der Waals surface area contributed by atoms with Crippen molar-refractivity contribution in [1.82, 2.24) is 5.32 Å². The van der Waals surface area contributed by atoms with Crippen LogP contribution in [0.3, 0.4) is 0 Å². The molecule has 0 atom stereocenters. The van der Waals surface area contributed by atoms with Crippen LogP contribution in [0.15, 0.2) is 34.0 Å². The molecule has 1 heterocycles. The summed E-state index contributed by atoms with van der Waals surface area (Å²) in [4.78, 5) is 11.7. The van der Waals surface area contributed by atoms with Crippen LogP contribution in [0, 0.1) is 5.82 Å². The molecule has 1 aromatic rings. The zero-order valence-corrected chi connectivity index (χ0v) is 12.1. The minimum Gasteiger partial charge on any atom is -0.511 e. The minimum absolute atomic E-state index is 0.0254. The standard InChI is InChI=1S/C12H10BrFN2O2S/c13-10-6(14)2-1-3-7(10)16-12(19)9-8(17)4-5-15-11(9)18/h1-3,17H,4-5H2,(H,15,18)(H,16,19). The van der Waals surface area contributed by atoms with Crippen LogP contribution < -0.4 is 10.6 Å². The number of benzene rings is 1. The number of halogens is 2. The van der Waals surface area contributed by atoms with Gasteiger partial charge in [0.1, 0.15) is 22.1 Å². The second kappa shape index (κ2) is 5.66. The largest absolute Gasteiger partial charge is 0.511 e. The first-order valence-electron chi connectivity index (χ1n) is 5.46. The summed E-state index contributed by atoms with van der Waals surface area (Å²) in [7, 11) is 0. The molecule has 0 saturated heterocycles. The summed E-state index contributed by atoms with van der Waals surface area (Å²) in [6.07, 6.45) is 0.327. The lowest BCUT2D eigenvalue weighted by atomic mass is 10.1. The number of carbonyl (C=O) groups excluding carboxylic acids is 1. The van der Waals surface area contributed by atoms with Crippen molar-refractivity contribution in [2.24, 2.45) is 0 Å². The number of aliphatic hydroxyl groups is 1. The first kappa shape index (κ1) is 14.0. The first-order chi connectivity index (χ1) is 9.00. The van der Waals surface area contributed by atoms with Gasteiger partial charge in [-0.3, -0.25) is 4.79 Å². The predicted molar refractivity (Wildman–Crippen MR) is 77.6 cm³/mol. The predicted octanol–water partition coefficient (Wildman–Crippen LogP) is 2.66. The molecule has 0 aromatic heterocycles. The Morgan fingerprint density at radius 1 is 1.53 bits per heavy atom. The number of amides is 1. The Bertz CT molecular complexity index is 589. The lowest BCUT2D eigenvalue weighted by Crippen LogP contribution is -2.36. The van der Waals surface area contributed by atoms with E-state index in [4.69, 9.17) is 12.2 Å². The summed E-state index contributed by atoms with van der Waals surface area (Å²) in [5, 5.41) is 15.0. The van der Waals surface area contributed by atoms with Crippen LogP contribution in [0.25, 0.3) is 0 Å². The number of hydrogen-bond acceptors (Lipinski definition) is 3. The molecule has 0 radical (unpaired) electrons. The van der Waals surface area contributed by atoms with Crippen LogP contribution in [-0.2, 0) is 4.79 Å². The Morgan fingerprint density at radius 2 is 2.26 bits per heavy atom. The first-order valence-corrected chi connectivity index (χ1v) is 6.66. The SMILES string of the molecule is O=C1NCCC(O)=C1C(=S)Nc1cccc(F)c1Br. The minimum atomic E-state index is -0.445. The summed E-state index contributed by atoms with van der Waals surface area (Å²) in [6.45, 7) is 0.375. The number of rotatable bonds is 2. The van der Waals surface area contributed by atoms with Crippen molar-refractivity contribution in [3.05, 3.63) is 39.8 Å². The molecule has 0 fully saturated rings. The molecule has 4 nitrogen and oxygen atoms in total. The van der Waals surface area contributed by atoms with E-state index in [1.54, 1.807) is 6.07 Å². The van der Waals surface area contributed by atoms with Gasteiger partial charge in [-0.25, -0.2) is 4.39 Å². The molecule has 2 rings (SSSR count). The molecule has 0 bridgehead atoms. The van der Waals surface area contributed by atoms with Crippen molar-refractivity contribution in [1.29, 1.82) is 0 Å². The fraction of sp³-hybridized carbons (Fsp3) is 0.167. The number of nitrogens with one attached hydrogen (secondary N) is 2. The van der Waals surface area contributed by atoms with Crippen molar-refractivity contribution in [2.45, 2.75) is 6.42 Å². The highest BCUT2D eigenvalue weighted by Crippen LogP contribution is 2.26. The maximum Gasteiger partial charge on any atom is 0.257 e. The average molecular weight is 345 g/mol. The average Bonchev–Trinajstić information content (AvgIpc) is 2.35. The highest BCUT2D eigenvalue weighted by molar-refractivity contribution is 9.10.